The Labute approximate surface area is 175 Å². The zero-order valence-electron chi connectivity index (χ0n) is 16.4. The smallest absolute Gasteiger partial charge is 0.319 e. The fourth-order valence-corrected chi connectivity index (χ4v) is 2.92. The number of nitrogen functional groups attached to an aromatic ring is 1. The first kappa shape index (κ1) is 20.8. The molecule has 1 unspecified atom stereocenters. The lowest BCUT2D eigenvalue weighted by molar-refractivity contribution is -0.152. The summed E-state index contributed by atoms with van der Waals surface area (Å²) in [5, 5.41) is 10.2. The quantitative estimate of drug-likeness (QED) is 0.232. The highest BCUT2D eigenvalue weighted by atomic mass is 16.5. The fourth-order valence-electron chi connectivity index (χ4n) is 2.92. The normalized spacial score (nSPS) is 11.3. The molecule has 0 aliphatic heterocycles. The van der Waals surface area contributed by atoms with Gasteiger partial charge in [0.1, 0.15) is 18.4 Å². The third kappa shape index (κ3) is 5.78. The number of anilines is 1. The highest BCUT2D eigenvalue weighted by Gasteiger charge is 2.28. The molecule has 0 radical (unpaired) electrons. The number of nitrogens with one attached hydrogen (secondary N) is 2. The minimum atomic E-state index is -0.997. The zero-order chi connectivity index (χ0) is 21.3. The summed E-state index contributed by atoms with van der Waals surface area (Å²) in [4.78, 5) is 25.7. The molecule has 0 spiro atoms. The Bertz CT molecular complexity index is 1000. The summed E-state index contributed by atoms with van der Waals surface area (Å²) < 4.78 is 5.43. The molecule has 0 bridgehead atoms. The minimum absolute atomic E-state index is 0.0562. The van der Waals surface area contributed by atoms with Gasteiger partial charge in [-0.2, -0.15) is 0 Å². The first-order valence-corrected chi connectivity index (χ1v) is 9.53. The molecule has 0 saturated heterocycles. The van der Waals surface area contributed by atoms with E-state index in [1.165, 1.54) is 0 Å². The van der Waals surface area contributed by atoms with Crippen molar-refractivity contribution >= 4 is 23.4 Å². The number of carbonyl (C=O) groups is 2. The van der Waals surface area contributed by atoms with Crippen molar-refractivity contribution in [3.63, 3.8) is 0 Å². The van der Waals surface area contributed by atoms with E-state index in [2.05, 4.69) is 5.32 Å². The SMILES string of the molecule is N=C(N)c1ccc(NC(=O)C(Cc2ccccc2)C(=O)OCc2ccccc2)cc1. The van der Waals surface area contributed by atoms with Gasteiger partial charge in [-0.05, 0) is 41.8 Å². The second-order valence-corrected chi connectivity index (χ2v) is 6.82. The summed E-state index contributed by atoms with van der Waals surface area (Å²) in [6, 6.07) is 25.2. The monoisotopic (exact) mass is 401 g/mol. The van der Waals surface area contributed by atoms with Gasteiger partial charge in [0.05, 0.1) is 0 Å². The number of hydrogen-bond acceptors (Lipinski definition) is 4. The lowest BCUT2D eigenvalue weighted by atomic mass is 9.98. The van der Waals surface area contributed by atoms with Crippen molar-refractivity contribution in [1.82, 2.24) is 0 Å². The third-order valence-electron chi connectivity index (χ3n) is 4.57. The number of nitrogens with two attached hydrogens (primary N) is 1. The number of ether oxygens (including phenoxy) is 1. The van der Waals surface area contributed by atoms with Crippen LogP contribution in [0.1, 0.15) is 16.7 Å². The standard InChI is InChI=1S/C24H23N3O3/c25-22(26)19-11-13-20(14-12-19)27-23(28)21(15-17-7-3-1-4-8-17)24(29)30-16-18-9-5-2-6-10-18/h1-14,21H,15-16H2,(H3,25,26)(H,27,28). The summed E-state index contributed by atoms with van der Waals surface area (Å²) in [6.45, 7) is 0.103. The molecule has 0 saturated carbocycles. The maximum absolute atomic E-state index is 12.9. The van der Waals surface area contributed by atoms with Crippen LogP contribution in [-0.4, -0.2) is 17.7 Å². The molecule has 1 amide bonds. The van der Waals surface area contributed by atoms with Crippen molar-refractivity contribution in [3.05, 3.63) is 102 Å². The summed E-state index contributed by atoms with van der Waals surface area (Å²) in [5.74, 6) is -2.09. The van der Waals surface area contributed by atoms with Crippen LogP contribution in [0.3, 0.4) is 0 Å². The Kier molecular flexibility index (Phi) is 6.95. The van der Waals surface area contributed by atoms with Crippen LogP contribution in [0.4, 0.5) is 5.69 Å². The molecule has 30 heavy (non-hydrogen) atoms. The Hall–Kier alpha value is -3.93. The van der Waals surface area contributed by atoms with Gasteiger partial charge in [-0.1, -0.05) is 60.7 Å². The first-order chi connectivity index (χ1) is 14.5. The minimum Gasteiger partial charge on any atom is -0.460 e. The van der Waals surface area contributed by atoms with Crippen molar-refractivity contribution < 1.29 is 14.3 Å². The summed E-state index contributed by atoms with van der Waals surface area (Å²) in [7, 11) is 0. The molecule has 152 valence electrons. The number of amidine groups is 1. The van der Waals surface area contributed by atoms with Gasteiger partial charge in [-0.3, -0.25) is 15.0 Å². The topological polar surface area (TPSA) is 105 Å². The predicted molar refractivity (Wildman–Crippen MR) is 116 cm³/mol. The number of benzene rings is 3. The molecule has 0 heterocycles. The first-order valence-electron chi connectivity index (χ1n) is 9.53. The lowest BCUT2D eigenvalue weighted by Crippen LogP contribution is -2.33. The molecule has 0 fully saturated rings. The van der Waals surface area contributed by atoms with Crippen molar-refractivity contribution in [1.29, 1.82) is 5.41 Å². The highest BCUT2D eigenvalue weighted by Crippen LogP contribution is 2.16. The van der Waals surface area contributed by atoms with E-state index in [9.17, 15) is 9.59 Å². The molecule has 3 rings (SSSR count). The summed E-state index contributed by atoms with van der Waals surface area (Å²) >= 11 is 0. The number of esters is 1. The third-order valence-corrected chi connectivity index (χ3v) is 4.57. The van der Waals surface area contributed by atoms with Crippen LogP contribution in [0.15, 0.2) is 84.9 Å². The van der Waals surface area contributed by atoms with E-state index >= 15 is 0 Å². The van der Waals surface area contributed by atoms with Crippen LogP contribution in [0.2, 0.25) is 0 Å². The average molecular weight is 401 g/mol. The molecular formula is C24H23N3O3. The van der Waals surface area contributed by atoms with Gasteiger partial charge in [-0.15, -0.1) is 0 Å². The molecule has 1 atom stereocenters. The lowest BCUT2D eigenvalue weighted by Gasteiger charge is -2.16. The summed E-state index contributed by atoms with van der Waals surface area (Å²) in [5.41, 5.74) is 8.23. The highest BCUT2D eigenvalue weighted by molar-refractivity contribution is 6.05. The van der Waals surface area contributed by atoms with E-state index < -0.39 is 17.8 Å². The maximum atomic E-state index is 12.9. The van der Waals surface area contributed by atoms with Gasteiger partial charge in [0.15, 0.2) is 0 Å². The molecular weight excluding hydrogens is 378 g/mol. The van der Waals surface area contributed by atoms with Gasteiger partial charge in [0.25, 0.3) is 0 Å². The Morgan fingerprint density at radius 1 is 0.867 bits per heavy atom. The maximum Gasteiger partial charge on any atom is 0.319 e. The Morgan fingerprint density at radius 2 is 1.43 bits per heavy atom. The van der Waals surface area contributed by atoms with Gasteiger partial charge >= 0.3 is 5.97 Å². The molecule has 0 aliphatic rings. The molecule has 6 heteroatoms. The van der Waals surface area contributed by atoms with Crippen LogP contribution in [0.25, 0.3) is 0 Å². The molecule has 6 nitrogen and oxygen atoms in total. The Morgan fingerprint density at radius 3 is 2.00 bits per heavy atom. The van der Waals surface area contributed by atoms with Crippen molar-refractivity contribution in [2.75, 3.05) is 5.32 Å². The predicted octanol–water partition coefficient (Wildman–Crippen LogP) is 3.51. The average Bonchev–Trinajstić information content (AvgIpc) is 2.77. The zero-order valence-corrected chi connectivity index (χ0v) is 16.4. The van der Waals surface area contributed by atoms with Gasteiger partial charge in [0, 0.05) is 11.3 Å². The van der Waals surface area contributed by atoms with E-state index in [1.54, 1.807) is 24.3 Å². The number of carbonyl (C=O) groups excluding carboxylic acids is 2. The van der Waals surface area contributed by atoms with Crippen LogP contribution >= 0.6 is 0 Å². The fraction of sp³-hybridized carbons (Fsp3) is 0.125. The van der Waals surface area contributed by atoms with E-state index in [0.29, 0.717) is 11.3 Å². The van der Waals surface area contributed by atoms with Crippen LogP contribution in [0, 0.1) is 11.3 Å². The Balaban J connectivity index is 1.72. The van der Waals surface area contributed by atoms with Gasteiger partial charge in [-0.25, -0.2) is 0 Å². The van der Waals surface area contributed by atoms with E-state index in [1.807, 2.05) is 60.7 Å². The number of hydrogen-bond donors (Lipinski definition) is 3. The molecule has 3 aromatic rings. The summed E-state index contributed by atoms with van der Waals surface area (Å²) in [6.07, 6.45) is 0.228. The second kappa shape index (κ2) is 10.0. The van der Waals surface area contributed by atoms with Crippen molar-refractivity contribution in [2.24, 2.45) is 11.7 Å². The number of rotatable bonds is 8. The van der Waals surface area contributed by atoms with Crippen molar-refractivity contribution in [2.45, 2.75) is 13.0 Å². The molecule has 0 aromatic heterocycles. The molecule has 3 aromatic carbocycles. The molecule has 4 N–H and O–H groups in total. The largest absolute Gasteiger partial charge is 0.460 e. The van der Waals surface area contributed by atoms with Gasteiger partial charge in [0.2, 0.25) is 5.91 Å². The van der Waals surface area contributed by atoms with Crippen LogP contribution < -0.4 is 11.1 Å². The van der Waals surface area contributed by atoms with E-state index in [-0.39, 0.29) is 18.9 Å². The van der Waals surface area contributed by atoms with E-state index in [4.69, 9.17) is 15.9 Å². The van der Waals surface area contributed by atoms with Crippen LogP contribution in [0.5, 0.6) is 0 Å². The molecule has 0 aliphatic carbocycles. The van der Waals surface area contributed by atoms with Crippen LogP contribution in [-0.2, 0) is 27.4 Å². The number of amides is 1. The van der Waals surface area contributed by atoms with E-state index in [0.717, 1.165) is 11.1 Å². The van der Waals surface area contributed by atoms with Crippen molar-refractivity contribution in [3.8, 4) is 0 Å². The van der Waals surface area contributed by atoms with Gasteiger partial charge < -0.3 is 15.8 Å². The second-order valence-electron chi connectivity index (χ2n) is 6.82.